The van der Waals surface area contributed by atoms with E-state index in [0.717, 1.165) is 0 Å². The van der Waals surface area contributed by atoms with Gasteiger partial charge in [0, 0.05) is 17.9 Å². The van der Waals surface area contributed by atoms with Crippen molar-refractivity contribution in [3.8, 4) is 16.8 Å². The molecule has 2 heterocycles. The van der Waals surface area contributed by atoms with E-state index in [1.807, 2.05) is 18.2 Å². The summed E-state index contributed by atoms with van der Waals surface area (Å²) >= 11 is 0. The zero-order valence-electron chi connectivity index (χ0n) is 14.1. The van der Waals surface area contributed by atoms with Crippen molar-refractivity contribution in [1.82, 2.24) is 14.5 Å². The largest absolute Gasteiger partial charge is 0.490 e. The average molecular weight is 358 g/mol. The van der Waals surface area contributed by atoms with Crippen LogP contribution in [0.25, 0.3) is 27.7 Å². The third-order valence-corrected chi connectivity index (χ3v) is 4.30. The van der Waals surface area contributed by atoms with Crippen LogP contribution >= 0.6 is 0 Å². The molecule has 4 aromatic rings. The van der Waals surface area contributed by atoms with E-state index in [0.29, 0.717) is 27.7 Å². The van der Waals surface area contributed by atoms with Crippen molar-refractivity contribution in [3.63, 3.8) is 0 Å². The number of rotatable bonds is 3. The van der Waals surface area contributed by atoms with Gasteiger partial charge in [0.1, 0.15) is 0 Å². The van der Waals surface area contributed by atoms with E-state index in [9.17, 15) is 14.8 Å². The van der Waals surface area contributed by atoms with Gasteiger partial charge in [0.15, 0.2) is 0 Å². The van der Waals surface area contributed by atoms with Gasteiger partial charge in [-0.15, -0.1) is 0 Å². The smallest absolute Gasteiger partial charge is 0.423 e. The van der Waals surface area contributed by atoms with E-state index in [2.05, 4.69) is 9.97 Å². The summed E-state index contributed by atoms with van der Waals surface area (Å²) in [6.07, 6.45) is 2.97. The molecule has 0 saturated carbocycles. The van der Waals surface area contributed by atoms with E-state index in [4.69, 9.17) is 5.73 Å². The quantitative estimate of drug-likeness (QED) is 0.465. The first-order valence-corrected chi connectivity index (χ1v) is 8.24. The summed E-state index contributed by atoms with van der Waals surface area (Å²) < 4.78 is 1.36. The van der Waals surface area contributed by atoms with Gasteiger partial charge in [-0.05, 0) is 35.4 Å². The van der Waals surface area contributed by atoms with Gasteiger partial charge < -0.3 is 15.8 Å². The highest BCUT2D eigenvalue weighted by atomic mass is 16.4. The SMILES string of the molecule is Nc1nc2ccc(-c3cncc(B(O)O)c3)cc2c(=O)n1-c1ccccc1. The molecule has 4 N–H and O–H groups in total. The Bertz CT molecular complexity index is 1190. The molecular formula is C19H15BN4O3. The van der Waals surface area contributed by atoms with E-state index >= 15 is 0 Å². The summed E-state index contributed by atoms with van der Waals surface area (Å²) in [4.78, 5) is 21.4. The van der Waals surface area contributed by atoms with Gasteiger partial charge in [-0.1, -0.05) is 30.3 Å². The van der Waals surface area contributed by atoms with Gasteiger partial charge in [0.25, 0.3) is 5.56 Å². The zero-order chi connectivity index (χ0) is 19.0. The topological polar surface area (TPSA) is 114 Å². The van der Waals surface area contributed by atoms with Crippen molar-refractivity contribution < 1.29 is 10.0 Å². The molecule has 0 aliphatic carbocycles. The lowest BCUT2D eigenvalue weighted by atomic mass is 9.80. The first-order valence-electron chi connectivity index (χ1n) is 8.24. The fourth-order valence-corrected chi connectivity index (χ4v) is 2.97. The number of pyridine rings is 1. The minimum Gasteiger partial charge on any atom is -0.423 e. The summed E-state index contributed by atoms with van der Waals surface area (Å²) in [7, 11) is -1.62. The van der Waals surface area contributed by atoms with Crippen LogP contribution in [-0.2, 0) is 0 Å². The molecule has 132 valence electrons. The highest BCUT2D eigenvalue weighted by molar-refractivity contribution is 6.58. The lowest BCUT2D eigenvalue weighted by Crippen LogP contribution is -2.30. The van der Waals surface area contributed by atoms with Crippen LogP contribution in [0.4, 0.5) is 5.95 Å². The fourth-order valence-electron chi connectivity index (χ4n) is 2.97. The number of hydrogen-bond donors (Lipinski definition) is 3. The molecule has 0 bridgehead atoms. The third-order valence-electron chi connectivity index (χ3n) is 4.30. The second-order valence-electron chi connectivity index (χ2n) is 6.06. The minimum absolute atomic E-state index is 0.110. The van der Waals surface area contributed by atoms with E-state index < -0.39 is 7.12 Å². The molecule has 0 atom stereocenters. The maximum atomic E-state index is 13.1. The maximum Gasteiger partial charge on any atom is 0.490 e. The molecule has 0 amide bonds. The minimum atomic E-state index is -1.62. The highest BCUT2D eigenvalue weighted by Crippen LogP contribution is 2.22. The van der Waals surface area contributed by atoms with Gasteiger partial charge in [0.2, 0.25) is 5.95 Å². The van der Waals surface area contributed by atoms with Crippen LogP contribution in [0.1, 0.15) is 0 Å². The molecule has 2 aromatic carbocycles. The molecule has 0 aliphatic heterocycles. The first-order chi connectivity index (χ1) is 13.0. The number of benzene rings is 2. The van der Waals surface area contributed by atoms with Crippen LogP contribution < -0.4 is 16.8 Å². The Labute approximate surface area is 154 Å². The summed E-state index contributed by atoms with van der Waals surface area (Å²) in [5.41, 5.74) is 8.48. The molecule has 0 unspecified atom stereocenters. The Balaban J connectivity index is 1.92. The Kier molecular flexibility index (Phi) is 4.19. The monoisotopic (exact) mass is 358 g/mol. The second-order valence-corrected chi connectivity index (χ2v) is 6.06. The first kappa shape index (κ1) is 17.0. The molecule has 8 heteroatoms. The van der Waals surface area contributed by atoms with Crippen molar-refractivity contribution in [2.24, 2.45) is 0 Å². The Morgan fingerprint density at radius 2 is 1.74 bits per heavy atom. The Morgan fingerprint density at radius 1 is 0.963 bits per heavy atom. The molecule has 7 nitrogen and oxygen atoms in total. The lowest BCUT2D eigenvalue weighted by Gasteiger charge is -2.11. The van der Waals surface area contributed by atoms with Crippen LogP contribution in [0.15, 0.2) is 71.8 Å². The van der Waals surface area contributed by atoms with Gasteiger partial charge >= 0.3 is 7.12 Å². The third kappa shape index (κ3) is 3.07. The van der Waals surface area contributed by atoms with Crippen molar-refractivity contribution in [2.45, 2.75) is 0 Å². The van der Waals surface area contributed by atoms with Crippen LogP contribution in [0.5, 0.6) is 0 Å². The summed E-state index contributed by atoms with van der Waals surface area (Å²) in [6, 6.07) is 15.9. The molecule has 0 radical (unpaired) electrons. The zero-order valence-corrected chi connectivity index (χ0v) is 14.1. The van der Waals surface area contributed by atoms with Crippen LogP contribution in [0.3, 0.4) is 0 Å². The van der Waals surface area contributed by atoms with Crippen molar-refractivity contribution >= 4 is 29.4 Å². The Morgan fingerprint density at radius 3 is 2.48 bits per heavy atom. The molecule has 0 aliphatic rings. The molecule has 27 heavy (non-hydrogen) atoms. The molecule has 0 saturated heterocycles. The fraction of sp³-hybridized carbons (Fsp3) is 0. The van der Waals surface area contributed by atoms with Crippen molar-refractivity contribution in [2.75, 3.05) is 5.73 Å². The van der Waals surface area contributed by atoms with E-state index in [1.165, 1.54) is 10.8 Å². The predicted octanol–water partition coefficient (Wildman–Crippen LogP) is 0.710. The number of para-hydroxylation sites is 1. The number of anilines is 1. The summed E-state index contributed by atoms with van der Waals surface area (Å²) in [6.45, 7) is 0. The number of fused-ring (bicyclic) bond motifs is 1. The number of nitrogen functional groups attached to an aromatic ring is 1. The normalized spacial score (nSPS) is 10.9. The van der Waals surface area contributed by atoms with Gasteiger partial charge in [-0.2, -0.15) is 0 Å². The highest BCUT2D eigenvalue weighted by Gasteiger charge is 2.14. The van der Waals surface area contributed by atoms with Gasteiger partial charge in [-0.25, -0.2) is 9.55 Å². The van der Waals surface area contributed by atoms with Crippen LogP contribution in [0, 0.1) is 0 Å². The van der Waals surface area contributed by atoms with Gasteiger partial charge in [-0.3, -0.25) is 9.78 Å². The predicted molar refractivity (Wildman–Crippen MR) is 105 cm³/mol. The van der Waals surface area contributed by atoms with E-state index in [-0.39, 0.29) is 17.0 Å². The van der Waals surface area contributed by atoms with Gasteiger partial charge in [0.05, 0.1) is 16.6 Å². The average Bonchev–Trinajstić information content (AvgIpc) is 2.69. The number of aromatic nitrogens is 3. The van der Waals surface area contributed by atoms with Crippen LogP contribution in [0.2, 0.25) is 0 Å². The number of hydrogen-bond acceptors (Lipinski definition) is 6. The second kappa shape index (κ2) is 6.67. The summed E-state index contributed by atoms with van der Waals surface area (Å²) in [5.74, 6) is 0.110. The van der Waals surface area contributed by atoms with Crippen molar-refractivity contribution in [3.05, 3.63) is 77.3 Å². The Hall–Kier alpha value is -3.49. The lowest BCUT2D eigenvalue weighted by molar-refractivity contribution is 0.425. The summed E-state index contributed by atoms with van der Waals surface area (Å²) in [5, 5.41) is 19.1. The molecular weight excluding hydrogens is 343 g/mol. The molecule has 0 fully saturated rings. The maximum absolute atomic E-state index is 13.1. The standard InChI is InChI=1S/C19H15BN4O3/c21-19-23-17-7-6-12(13-8-14(20(26)27)11-22-10-13)9-16(17)18(25)24(19)15-4-2-1-3-5-15/h1-11,26-27H,(H2,21,23). The molecule has 4 rings (SSSR count). The number of nitrogens with two attached hydrogens (primary N) is 1. The van der Waals surface area contributed by atoms with Crippen LogP contribution in [-0.4, -0.2) is 31.7 Å². The molecule has 2 aromatic heterocycles. The molecule has 0 spiro atoms. The van der Waals surface area contributed by atoms with E-state index in [1.54, 1.807) is 42.6 Å². The van der Waals surface area contributed by atoms with Crippen molar-refractivity contribution in [1.29, 1.82) is 0 Å². The number of nitrogens with zero attached hydrogens (tertiary/aromatic N) is 3.